The average Bonchev–Trinajstić information content (AvgIpc) is 3.31. The van der Waals surface area contributed by atoms with Crippen LogP contribution in [0.1, 0.15) is 52.5 Å². The summed E-state index contributed by atoms with van der Waals surface area (Å²) in [5, 5.41) is 24.3. The van der Waals surface area contributed by atoms with Crippen molar-refractivity contribution in [2.24, 2.45) is 17.6 Å². The van der Waals surface area contributed by atoms with E-state index < -0.39 is 47.9 Å². The number of nitrogens with two attached hydrogens (primary N) is 1. The Kier molecular flexibility index (Phi) is 10.1. The number of amides is 3. The summed E-state index contributed by atoms with van der Waals surface area (Å²) in [7, 11) is 0. The summed E-state index contributed by atoms with van der Waals surface area (Å²) >= 11 is 0. The molecule has 1 aliphatic rings. The van der Waals surface area contributed by atoms with Gasteiger partial charge in [0.2, 0.25) is 17.7 Å². The van der Waals surface area contributed by atoms with Crippen LogP contribution in [0.5, 0.6) is 5.75 Å². The molecule has 0 aliphatic carbocycles. The van der Waals surface area contributed by atoms with Crippen molar-refractivity contribution < 1.29 is 29.4 Å². The molecule has 5 unspecified atom stereocenters. The average molecular weight is 491 g/mol. The molecule has 1 aromatic carbocycles. The summed E-state index contributed by atoms with van der Waals surface area (Å²) in [6.07, 6.45) is 1.82. The molecule has 0 spiro atoms. The Labute approximate surface area is 206 Å². The van der Waals surface area contributed by atoms with Gasteiger partial charge in [0.05, 0.1) is 6.04 Å². The summed E-state index contributed by atoms with van der Waals surface area (Å²) in [4.78, 5) is 52.3. The number of carboxylic acids is 1. The van der Waals surface area contributed by atoms with Gasteiger partial charge in [-0.15, -0.1) is 0 Å². The van der Waals surface area contributed by atoms with E-state index in [4.69, 9.17) is 5.73 Å². The lowest BCUT2D eigenvalue weighted by Crippen LogP contribution is -2.58. The number of nitrogens with zero attached hydrogens (tertiary/aromatic N) is 1. The van der Waals surface area contributed by atoms with Gasteiger partial charge in [0.25, 0.3) is 0 Å². The molecule has 194 valence electrons. The van der Waals surface area contributed by atoms with Crippen molar-refractivity contribution in [3.63, 3.8) is 0 Å². The number of hydrogen-bond acceptors (Lipinski definition) is 6. The second-order valence-electron chi connectivity index (χ2n) is 9.60. The van der Waals surface area contributed by atoms with Gasteiger partial charge < -0.3 is 31.5 Å². The van der Waals surface area contributed by atoms with Crippen LogP contribution in [-0.4, -0.2) is 69.5 Å². The predicted molar refractivity (Wildman–Crippen MR) is 130 cm³/mol. The van der Waals surface area contributed by atoms with Gasteiger partial charge in [-0.2, -0.15) is 0 Å². The highest BCUT2D eigenvalue weighted by atomic mass is 16.4. The van der Waals surface area contributed by atoms with Gasteiger partial charge in [-0.25, -0.2) is 4.79 Å². The number of benzene rings is 1. The van der Waals surface area contributed by atoms with E-state index in [-0.39, 0.29) is 24.0 Å². The number of aliphatic carboxylic acids is 1. The maximum absolute atomic E-state index is 13.6. The number of rotatable bonds is 11. The predicted octanol–water partition coefficient (Wildman–Crippen LogP) is 1.01. The van der Waals surface area contributed by atoms with Crippen LogP contribution in [0.15, 0.2) is 24.3 Å². The lowest BCUT2D eigenvalue weighted by molar-refractivity contribution is -0.145. The minimum Gasteiger partial charge on any atom is -0.508 e. The first-order chi connectivity index (χ1) is 16.5. The van der Waals surface area contributed by atoms with Crippen molar-refractivity contribution in [1.29, 1.82) is 0 Å². The highest BCUT2D eigenvalue weighted by Gasteiger charge is 2.39. The van der Waals surface area contributed by atoms with E-state index in [2.05, 4.69) is 10.6 Å². The van der Waals surface area contributed by atoms with Crippen LogP contribution >= 0.6 is 0 Å². The van der Waals surface area contributed by atoms with E-state index in [1.54, 1.807) is 26.0 Å². The number of likely N-dealkylation sites (tertiary alicyclic amines) is 1. The third-order valence-electron chi connectivity index (χ3n) is 6.62. The molecular weight excluding hydrogens is 452 g/mol. The monoisotopic (exact) mass is 490 g/mol. The Morgan fingerprint density at radius 3 is 2.29 bits per heavy atom. The third-order valence-corrected chi connectivity index (χ3v) is 6.62. The summed E-state index contributed by atoms with van der Waals surface area (Å²) in [5.41, 5.74) is 6.80. The van der Waals surface area contributed by atoms with E-state index in [1.807, 2.05) is 13.8 Å². The van der Waals surface area contributed by atoms with Crippen molar-refractivity contribution in [3.05, 3.63) is 29.8 Å². The Hall–Kier alpha value is -3.14. The summed E-state index contributed by atoms with van der Waals surface area (Å²) in [5.74, 6) is -2.89. The van der Waals surface area contributed by atoms with E-state index >= 15 is 0 Å². The van der Waals surface area contributed by atoms with Crippen LogP contribution in [-0.2, 0) is 25.6 Å². The van der Waals surface area contributed by atoms with Gasteiger partial charge in [0, 0.05) is 13.0 Å². The molecule has 5 atom stereocenters. The zero-order valence-corrected chi connectivity index (χ0v) is 20.9. The molecule has 10 heteroatoms. The fourth-order valence-electron chi connectivity index (χ4n) is 4.11. The second kappa shape index (κ2) is 12.5. The molecule has 0 saturated carbocycles. The number of nitrogens with one attached hydrogen (secondary N) is 2. The molecule has 10 nitrogen and oxygen atoms in total. The summed E-state index contributed by atoms with van der Waals surface area (Å²) < 4.78 is 0. The lowest BCUT2D eigenvalue weighted by atomic mass is 9.98. The summed E-state index contributed by atoms with van der Waals surface area (Å²) in [6, 6.07) is 2.63. The molecule has 1 fully saturated rings. The number of phenols is 1. The number of phenolic OH excluding ortho intramolecular Hbond substituents is 1. The summed E-state index contributed by atoms with van der Waals surface area (Å²) in [6.45, 7) is 7.48. The van der Waals surface area contributed by atoms with Crippen molar-refractivity contribution in [2.75, 3.05) is 6.54 Å². The Morgan fingerprint density at radius 2 is 1.74 bits per heavy atom. The van der Waals surface area contributed by atoms with Crippen molar-refractivity contribution in [1.82, 2.24) is 15.5 Å². The molecule has 1 aromatic rings. The number of hydrogen-bond donors (Lipinski definition) is 5. The highest BCUT2D eigenvalue weighted by molar-refractivity contribution is 5.94. The Morgan fingerprint density at radius 1 is 1.11 bits per heavy atom. The van der Waals surface area contributed by atoms with Crippen LogP contribution in [0.3, 0.4) is 0 Å². The first-order valence-corrected chi connectivity index (χ1v) is 12.1. The van der Waals surface area contributed by atoms with Crippen LogP contribution in [0.25, 0.3) is 0 Å². The van der Waals surface area contributed by atoms with Crippen LogP contribution in [0, 0.1) is 11.8 Å². The lowest BCUT2D eigenvalue weighted by Gasteiger charge is -2.31. The molecular formula is C25H38N4O6. The standard InChI is InChI=1S/C25H38N4O6/c1-5-15(4)20(26)23(32)27-18(13-16-8-10-17(30)11-9-16)24(33)29-12-6-7-19(29)22(31)28-21(14(2)3)25(34)35/h8-11,14-15,18-21,30H,5-7,12-13,26H2,1-4H3,(H,27,32)(H,28,31)(H,34,35). The first kappa shape index (κ1) is 28.1. The van der Waals surface area contributed by atoms with Crippen molar-refractivity contribution in [2.45, 2.75) is 77.5 Å². The maximum Gasteiger partial charge on any atom is 0.326 e. The van der Waals surface area contributed by atoms with Gasteiger partial charge in [0.1, 0.15) is 23.9 Å². The van der Waals surface area contributed by atoms with Crippen LogP contribution < -0.4 is 16.4 Å². The SMILES string of the molecule is CCC(C)C(N)C(=O)NC(Cc1ccc(O)cc1)C(=O)N1CCCC1C(=O)NC(C(=O)O)C(C)C. The quantitative estimate of drug-likeness (QED) is 0.309. The van der Waals surface area contributed by atoms with Crippen molar-refractivity contribution in [3.8, 4) is 5.75 Å². The second-order valence-corrected chi connectivity index (χ2v) is 9.60. The first-order valence-electron chi connectivity index (χ1n) is 12.1. The molecule has 0 bridgehead atoms. The smallest absolute Gasteiger partial charge is 0.326 e. The largest absolute Gasteiger partial charge is 0.508 e. The van der Waals surface area contributed by atoms with E-state index in [1.165, 1.54) is 17.0 Å². The maximum atomic E-state index is 13.6. The van der Waals surface area contributed by atoms with Crippen LogP contribution in [0.2, 0.25) is 0 Å². The zero-order valence-electron chi connectivity index (χ0n) is 20.9. The molecule has 0 aromatic heterocycles. The van der Waals surface area contributed by atoms with Gasteiger partial charge >= 0.3 is 5.97 Å². The highest BCUT2D eigenvalue weighted by Crippen LogP contribution is 2.21. The minimum atomic E-state index is -1.14. The van der Waals surface area contributed by atoms with Gasteiger partial charge in [-0.1, -0.05) is 46.2 Å². The van der Waals surface area contributed by atoms with Crippen LogP contribution in [0.4, 0.5) is 0 Å². The fraction of sp³-hybridized carbons (Fsp3) is 0.600. The van der Waals surface area contributed by atoms with E-state index in [0.717, 1.165) is 0 Å². The number of carboxylic acid groups (broad SMARTS) is 1. The molecule has 0 radical (unpaired) electrons. The fourth-order valence-corrected chi connectivity index (χ4v) is 4.11. The van der Waals surface area contributed by atoms with E-state index in [0.29, 0.717) is 31.4 Å². The van der Waals surface area contributed by atoms with Gasteiger partial charge in [-0.05, 0) is 42.4 Å². The molecule has 1 heterocycles. The third kappa shape index (κ3) is 7.42. The topological polar surface area (TPSA) is 162 Å². The Balaban J connectivity index is 2.25. The molecule has 3 amide bonds. The minimum absolute atomic E-state index is 0.0777. The number of aromatic hydroxyl groups is 1. The Bertz CT molecular complexity index is 904. The number of carbonyl (C=O) groups excluding carboxylic acids is 3. The molecule has 6 N–H and O–H groups in total. The number of carbonyl (C=O) groups is 4. The van der Waals surface area contributed by atoms with E-state index in [9.17, 15) is 29.4 Å². The normalized spacial score (nSPS) is 19.0. The van der Waals surface area contributed by atoms with Crippen molar-refractivity contribution >= 4 is 23.7 Å². The van der Waals surface area contributed by atoms with Gasteiger partial charge in [0.15, 0.2) is 0 Å². The zero-order chi connectivity index (χ0) is 26.3. The van der Waals surface area contributed by atoms with Gasteiger partial charge in [-0.3, -0.25) is 14.4 Å². The molecule has 2 rings (SSSR count). The molecule has 35 heavy (non-hydrogen) atoms. The molecule has 1 aliphatic heterocycles. The molecule has 1 saturated heterocycles.